The summed E-state index contributed by atoms with van der Waals surface area (Å²) in [6.07, 6.45) is 2.52. The topological polar surface area (TPSA) is 110 Å². The molecule has 0 radical (unpaired) electrons. The van der Waals surface area contributed by atoms with Crippen LogP contribution in [0.1, 0.15) is 23.6 Å². The van der Waals surface area contributed by atoms with Crippen molar-refractivity contribution in [1.29, 1.82) is 0 Å². The maximum Gasteiger partial charge on any atom is 0.331 e. The summed E-state index contributed by atoms with van der Waals surface area (Å²) in [5.41, 5.74) is 0.198. The first kappa shape index (κ1) is 23.5. The Balaban J connectivity index is 1.35. The second-order valence-electron chi connectivity index (χ2n) is 10.3. The molecule has 0 unspecified atom stereocenters. The Labute approximate surface area is 213 Å². The van der Waals surface area contributed by atoms with E-state index in [4.69, 9.17) is 9.47 Å². The van der Waals surface area contributed by atoms with Gasteiger partial charge in [-0.05, 0) is 42.5 Å². The van der Waals surface area contributed by atoms with E-state index < -0.39 is 23.3 Å². The molecule has 4 amide bonds. The molecule has 2 fully saturated rings. The zero-order valence-electron chi connectivity index (χ0n) is 20.4. The van der Waals surface area contributed by atoms with Crippen LogP contribution in [0.5, 0.6) is 11.5 Å². The molecule has 3 atom stereocenters. The number of piperidine rings is 1. The van der Waals surface area contributed by atoms with Crippen LogP contribution in [-0.4, -0.2) is 65.2 Å². The fourth-order valence-corrected chi connectivity index (χ4v) is 6.28. The summed E-state index contributed by atoms with van der Waals surface area (Å²) >= 11 is 0. The average molecular weight is 505 g/mol. The van der Waals surface area contributed by atoms with E-state index in [2.05, 4.69) is 16.8 Å². The molecule has 2 aromatic rings. The monoisotopic (exact) mass is 504 g/mol. The van der Waals surface area contributed by atoms with E-state index >= 15 is 0 Å². The first-order valence-electron chi connectivity index (χ1n) is 12.5. The summed E-state index contributed by atoms with van der Waals surface area (Å²) in [7, 11) is 0. The predicted octanol–water partition coefficient (Wildman–Crippen LogP) is 1.49. The van der Waals surface area contributed by atoms with Crippen molar-refractivity contribution in [2.24, 2.45) is 11.3 Å². The highest BCUT2D eigenvalue weighted by Crippen LogP contribution is 2.40. The second kappa shape index (κ2) is 8.88. The van der Waals surface area contributed by atoms with Crippen LogP contribution in [0.15, 0.2) is 53.8 Å². The molecular formula is C27H28N4O6. The van der Waals surface area contributed by atoms with E-state index in [1.54, 1.807) is 24.3 Å². The van der Waals surface area contributed by atoms with Gasteiger partial charge in [-0.15, -0.1) is 6.58 Å². The number of pyridine rings is 1. The van der Waals surface area contributed by atoms with E-state index in [1.807, 2.05) is 16.7 Å². The molecule has 4 aliphatic rings. The van der Waals surface area contributed by atoms with Gasteiger partial charge in [0.15, 0.2) is 11.5 Å². The van der Waals surface area contributed by atoms with Crippen molar-refractivity contribution in [1.82, 2.24) is 19.7 Å². The van der Waals surface area contributed by atoms with Crippen molar-refractivity contribution in [3.8, 4) is 11.5 Å². The van der Waals surface area contributed by atoms with Crippen LogP contribution in [0.4, 0.5) is 4.79 Å². The molecule has 37 heavy (non-hydrogen) atoms. The maximum atomic E-state index is 13.9. The van der Waals surface area contributed by atoms with Gasteiger partial charge >= 0.3 is 6.03 Å². The van der Waals surface area contributed by atoms with E-state index in [-0.39, 0.29) is 43.7 Å². The smallest absolute Gasteiger partial charge is 0.331 e. The lowest BCUT2D eigenvalue weighted by Crippen LogP contribution is -2.68. The first-order valence-corrected chi connectivity index (χ1v) is 12.5. The minimum atomic E-state index is -1.52. The molecule has 0 saturated carbocycles. The molecule has 2 saturated heterocycles. The molecule has 1 N–H and O–H groups in total. The number of rotatable bonds is 6. The van der Waals surface area contributed by atoms with Crippen molar-refractivity contribution in [3.05, 3.63) is 70.7 Å². The highest BCUT2D eigenvalue weighted by atomic mass is 16.7. The lowest BCUT2D eigenvalue weighted by molar-refractivity contribution is -0.153. The maximum absolute atomic E-state index is 13.9. The van der Waals surface area contributed by atoms with Crippen LogP contribution in [0.25, 0.3) is 0 Å². The van der Waals surface area contributed by atoms with Gasteiger partial charge in [0.25, 0.3) is 5.56 Å². The standard InChI is InChI=1S/C27H28N4O6/c1-2-8-30-25(34)27(24(33)28-26(30)35,11-17-6-7-21-22(10-17)37-16-36-21)15-29-12-18-9-19(14-29)20-4-3-5-23(32)31(20)13-18/h2-7,10,18-19H,1,8-9,11-16H2,(H,28,33,35)/t18-,19-,27+/m1/s1. The van der Waals surface area contributed by atoms with E-state index in [0.717, 1.165) is 22.6 Å². The first-order chi connectivity index (χ1) is 17.9. The molecule has 10 nitrogen and oxygen atoms in total. The highest BCUT2D eigenvalue weighted by Gasteiger charge is 2.55. The number of benzene rings is 1. The molecule has 1 aromatic carbocycles. The molecule has 0 spiro atoms. The number of hydrogen-bond donors (Lipinski definition) is 1. The van der Waals surface area contributed by atoms with Gasteiger partial charge in [-0.1, -0.05) is 18.2 Å². The Hall–Kier alpha value is -3.92. The minimum Gasteiger partial charge on any atom is -0.454 e. The molecular weight excluding hydrogens is 476 g/mol. The van der Waals surface area contributed by atoms with Crippen LogP contribution in [0.2, 0.25) is 0 Å². The fourth-order valence-electron chi connectivity index (χ4n) is 6.28. The van der Waals surface area contributed by atoms with Gasteiger partial charge in [0, 0.05) is 50.4 Å². The Morgan fingerprint density at radius 1 is 1.05 bits per heavy atom. The van der Waals surface area contributed by atoms with Gasteiger partial charge in [0.1, 0.15) is 5.41 Å². The number of hydrogen-bond acceptors (Lipinski definition) is 7. The Morgan fingerprint density at radius 2 is 1.89 bits per heavy atom. The number of nitrogens with one attached hydrogen (secondary N) is 1. The average Bonchev–Trinajstić information content (AvgIpc) is 3.34. The van der Waals surface area contributed by atoms with Crippen LogP contribution < -0.4 is 20.3 Å². The number of imide groups is 2. The van der Waals surface area contributed by atoms with Crippen molar-refractivity contribution < 1.29 is 23.9 Å². The zero-order valence-corrected chi connectivity index (χ0v) is 20.4. The summed E-state index contributed by atoms with van der Waals surface area (Å²) < 4.78 is 12.8. The summed E-state index contributed by atoms with van der Waals surface area (Å²) in [6, 6.07) is 9.98. The molecule has 5 heterocycles. The zero-order chi connectivity index (χ0) is 25.7. The number of ether oxygens (including phenoxy) is 2. The number of fused-ring (bicyclic) bond motifs is 5. The van der Waals surface area contributed by atoms with Crippen molar-refractivity contribution >= 4 is 17.8 Å². The number of amides is 4. The number of urea groups is 1. The van der Waals surface area contributed by atoms with E-state index in [0.29, 0.717) is 31.1 Å². The SMILES string of the molecule is C=CCN1C(=O)NC(=O)[C@](Cc2ccc3c(c2)OCO3)(CN2C[C@H]3C[C@H](C2)c2cccc(=O)n2C3)C1=O. The van der Waals surface area contributed by atoms with Crippen LogP contribution in [0, 0.1) is 11.3 Å². The Bertz CT molecular complexity index is 1370. The Kier molecular flexibility index (Phi) is 5.63. The summed E-state index contributed by atoms with van der Waals surface area (Å²) in [5.74, 6) is 0.376. The van der Waals surface area contributed by atoms with E-state index in [9.17, 15) is 19.2 Å². The molecule has 2 bridgehead atoms. The predicted molar refractivity (Wildman–Crippen MR) is 132 cm³/mol. The van der Waals surface area contributed by atoms with Crippen LogP contribution in [0.3, 0.4) is 0 Å². The summed E-state index contributed by atoms with van der Waals surface area (Å²) in [4.78, 5) is 55.7. The van der Waals surface area contributed by atoms with Gasteiger partial charge in [-0.2, -0.15) is 0 Å². The van der Waals surface area contributed by atoms with Gasteiger partial charge in [0.05, 0.1) is 0 Å². The van der Waals surface area contributed by atoms with Gasteiger partial charge in [0.2, 0.25) is 18.6 Å². The fraction of sp³-hybridized carbons (Fsp3) is 0.407. The van der Waals surface area contributed by atoms with Crippen molar-refractivity contribution in [2.45, 2.75) is 25.3 Å². The molecule has 4 aliphatic heterocycles. The van der Waals surface area contributed by atoms with Crippen LogP contribution >= 0.6 is 0 Å². The molecule has 6 rings (SSSR count). The quantitative estimate of drug-likeness (QED) is 0.469. The lowest BCUT2D eigenvalue weighted by Gasteiger charge is -2.47. The number of barbiturate groups is 1. The largest absolute Gasteiger partial charge is 0.454 e. The number of likely N-dealkylation sites (tertiary alicyclic amines) is 1. The summed E-state index contributed by atoms with van der Waals surface area (Å²) in [5, 5.41) is 2.42. The van der Waals surface area contributed by atoms with Crippen molar-refractivity contribution in [3.63, 3.8) is 0 Å². The van der Waals surface area contributed by atoms with Gasteiger partial charge in [-0.3, -0.25) is 24.6 Å². The number of carbonyl (C=O) groups excluding carboxylic acids is 3. The summed E-state index contributed by atoms with van der Waals surface area (Å²) in [6.45, 7) is 5.81. The van der Waals surface area contributed by atoms with E-state index in [1.165, 1.54) is 6.08 Å². The highest BCUT2D eigenvalue weighted by molar-refractivity contribution is 6.19. The third-order valence-corrected chi connectivity index (χ3v) is 7.86. The molecule has 1 aromatic heterocycles. The third-order valence-electron chi connectivity index (χ3n) is 7.86. The number of aromatic nitrogens is 1. The molecule has 0 aliphatic carbocycles. The third kappa shape index (κ3) is 3.92. The number of carbonyl (C=O) groups is 3. The molecule has 10 heteroatoms. The van der Waals surface area contributed by atoms with Gasteiger partial charge < -0.3 is 18.9 Å². The normalized spacial score (nSPS) is 26.6. The number of nitrogens with zero attached hydrogens (tertiary/aromatic N) is 3. The van der Waals surface area contributed by atoms with Crippen molar-refractivity contribution in [2.75, 3.05) is 33.0 Å². The second-order valence-corrected chi connectivity index (χ2v) is 10.3. The van der Waals surface area contributed by atoms with Gasteiger partial charge in [-0.25, -0.2) is 4.79 Å². The Morgan fingerprint density at radius 3 is 2.73 bits per heavy atom. The lowest BCUT2D eigenvalue weighted by atomic mass is 9.75. The minimum absolute atomic E-state index is 0.000318. The molecule has 192 valence electrons. The van der Waals surface area contributed by atoms with Crippen LogP contribution in [-0.2, 0) is 22.6 Å².